The molecule has 0 bridgehead atoms. The zero-order valence-electron chi connectivity index (χ0n) is 10.1. The van der Waals surface area contributed by atoms with Crippen LogP contribution in [0.25, 0.3) is 20.9 Å². The fourth-order valence-corrected chi connectivity index (χ4v) is 3.79. The molecule has 0 unspecified atom stereocenters. The van der Waals surface area contributed by atoms with Crippen LogP contribution in [-0.4, -0.2) is 0 Å². The molecule has 0 fully saturated rings. The van der Waals surface area contributed by atoms with Gasteiger partial charge in [0, 0.05) is 30.7 Å². The number of hydrogen-bond acceptors (Lipinski definition) is 3. The zero-order chi connectivity index (χ0) is 13.2. The fourth-order valence-electron chi connectivity index (χ4n) is 1.99. The van der Waals surface area contributed by atoms with Gasteiger partial charge in [0.05, 0.1) is 0 Å². The molecular formula is C16H12S3. The van der Waals surface area contributed by atoms with Gasteiger partial charge in [0.2, 0.25) is 0 Å². The Hall–Kier alpha value is -1.16. The molecule has 0 N–H and O–H groups in total. The highest BCUT2D eigenvalue weighted by atomic mass is 32.1. The molecule has 0 amide bonds. The minimum atomic E-state index is 1.01. The zero-order valence-corrected chi connectivity index (χ0v) is 12.7. The standard InChI is InChI=1S/C16H12S3/c17-13-7-3-1-5-11(13)15-9-10-16(19-15)12-6-2-4-8-14(12)18/h1-10,17-18H. The van der Waals surface area contributed by atoms with E-state index in [-0.39, 0.29) is 0 Å². The minimum absolute atomic E-state index is 1.01. The highest BCUT2D eigenvalue weighted by Crippen LogP contribution is 2.38. The summed E-state index contributed by atoms with van der Waals surface area (Å²) < 4.78 is 0. The Labute approximate surface area is 127 Å². The molecule has 0 radical (unpaired) electrons. The second-order valence-corrected chi connectivity index (χ2v) is 6.25. The second-order valence-electron chi connectivity index (χ2n) is 4.20. The van der Waals surface area contributed by atoms with Gasteiger partial charge >= 0.3 is 0 Å². The van der Waals surface area contributed by atoms with E-state index in [1.807, 2.05) is 36.4 Å². The predicted octanol–water partition coefficient (Wildman–Crippen LogP) is 5.66. The number of rotatable bonds is 2. The van der Waals surface area contributed by atoms with Gasteiger partial charge in [-0.2, -0.15) is 0 Å². The van der Waals surface area contributed by atoms with Crippen LogP contribution in [0, 0.1) is 0 Å². The molecule has 19 heavy (non-hydrogen) atoms. The van der Waals surface area contributed by atoms with E-state index in [0.29, 0.717) is 0 Å². The first-order valence-electron chi connectivity index (χ1n) is 5.92. The van der Waals surface area contributed by atoms with Crippen molar-refractivity contribution in [3.63, 3.8) is 0 Å². The highest BCUT2D eigenvalue weighted by Gasteiger charge is 2.08. The molecule has 1 heterocycles. The lowest BCUT2D eigenvalue weighted by molar-refractivity contribution is 1.48. The third-order valence-electron chi connectivity index (χ3n) is 2.95. The third kappa shape index (κ3) is 2.59. The first kappa shape index (κ1) is 12.9. The predicted molar refractivity (Wildman–Crippen MR) is 89.7 cm³/mol. The highest BCUT2D eigenvalue weighted by molar-refractivity contribution is 7.80. The summed E-state index contributed by atoms with van der Waals surface area (Å²) in [5.74, 6) is 0. The van der Waals surface area contributed by atoms with Crippen LogP contribution in [0.2, 0.25) is 0 Å². The average Bonchev–Trinajstić information content (AvgIpc) is 2.89. The molecule has 0 nitrogen and oxygen atoms in total. The molecule has 1 aromatic heterocycles. The molecule has 2 aromatic carbocycles. The van der Waals surface area contributed by atoms with Gasteiger partial charge in [-0.1, -0.05) is 36.4 Å². The number of thiophene rings is 1. The molecule has 0 saturated carbocycles. The average molecular weight is 300 g/mol. The number of hydrogen-bond donors (Lipinski definition) is 2. The van der Waals surface area contributed by atoms with Crippen molar-refractivity contribution < 1.29 is 0 Å². The van der Waals surface area contributed by atoms with Crippen molar-refractivity contribution in [1.82, 2.24) is 0 Å². The SMILES string of the molecule is Sc1ccccc1-c1ccc(-c2ccccc2S)s1. The Morgan fingerprint density at radius 1 is 0.579 bits per heavy atom. The van der Waals surface area contributed by atoms with E-state index in [1.165, 1.54) is 20.9 Å². The van der Waals surface area contributed by atoms with Gasteiger partial charge < -0.3 is 0 Å². The summed E-state index contributed by atoms with van der Waals surface area (Å²) in [5.41, 5.74) is 2.36. The molecular weight excluding hydrogens is 288 g/mol. The van der Waals surface area contributed by atoms with Gasteiger partial charge in [0.1, 0.15) is 0 Å². The minimum Gasteiger partial charge on any atom is -0.143 e. The molecule has 0 spiro atoms. The van der Waals surface area contributed by atoms with Gasteiger partial charge in [0.25, 0.3) is 0 Å². The van der Waals surface area contributed by atoms with Crippen molar-refractivity contribution >= 4 is 36.6 Å². The van der Waals surface area contributed by atoms with Crippen LogP contribution in [0.1, 0.15) is 0 Å². The molecule has 0 aliphatic rings. The summed E-state index contributed by atoms with van der Waals surface area (Å²) in [7, 11) is 0. The van der Waals surface area contributed by atoms with Crippen molar-refractivity contribution in [1.29, 1.82) is 0 Å². The van der Waals surface area contributed by atoms with Gasteiger partial charge in [-0.25, -0.2) is 0 Å². The third-order valence-corrected chi connectivity index (χ3v) is 4.88. The monoisotopic (exact) mass is 300 g/mol. The van der Waals surface area contributed by atoms with Crippen molar-refractivity contribution in [2.75, 3.05) is 0 Å². The molecule has 94 valence electrons. The van der Waals surface area contributed by atoms with Crippen LogP contribution >= 0.6 is 36.6 Å². The van der Waals surface area contributed by atoms with E-state index in [0.717, 1.165) is 9.79 Å². The van der Waals surface area contributed by atoms with Crippen molar-refractivity contribution in [3.8, 4) is 20.9 Å². The summed E-state index contributed by atoms with van der Waals surface area (Å²) in [6.07, 6.45) is 0. The molecule has 0 saturated heterocycles. The van der Waals surface area contributed by atoms with Crippen LogP contribution in [0.15, 0.2) is 70.5 Å². The second kappa shape index (κ2) is 5.45. The molecule has 0 aliphatic carbocycles. The maximum Gasteiger partial charge on any atom is 0.0360 e. The first-order chi connectivity index (χ1) is 9.25. The van der Waals surface area contributed by atoms with Crippen LogP contribution < -0.4 is 0 Å². The number of thiol groups is 2. The molecule has 3 aromatic rings. The van der Waals surface area contributed by atoms with Gasteiger partial charge in [-0.15, -0.1) is 36.6 Å². The molecule has 0 atom stereocenters. The van der Waals surface area contributed by atoms with E-state index in [9.17, 15) is 0 Å². The Kier molecular flexibility index (Phi) is 3.69. The summed E-state index contributed by atoms with van der Waals surface area (Å²) in [6, 6.07) is 20.6. The molecule has 3 heteroatoms. The smallest absolute Gasteiger partial charge is 0.0360 e. The largest absolute Gasteiger partial charge is 0.143 e. The fraction of sp³-hybridized carbons (Fsp3) is 0. The molecule has 3 rings (SSSR count). The Balaban J connectivity index is 2.06. The summed E-state index contributed by atoms with van der Waals surface area (Å²) in [6.45, 7) is 0. The van der Waals surface area contributed by atoms with E-state index in [4.69, 9.17) is 0 Å². The first-order valence-corrected chi connectivity index (χ1v) is 7.63. The van der Waals surface area contributed by atoms with E-state index < -0.39 is 0 Å². The lowest BCUT2D eigenvalue weighted by Gasteiger charge is -2.02. The van der Waals surface area contributed by atoms with E-state index in [2.05, 4.69) is 49.5 Å². The van der Waals surface area contributed by atoms with Crippen LogP contribution in [0.5, 0.6) is 0 Å². The van der Waals surface area contributed by atoms with E-state index >= 15 is 0 Å². The summed E-state index contributed by atoms with van der Waals surface area (Å²) >= 11 is 10.8. The Bertz CT molecular complexity index is 653. The topological polar surface area (TPSA) is 0 Å². The summed E-state index contributed by atoms with van der Waals surface area (Å²) in [4.78, 5) is 4.49. The van der Waals surface area contributed by atoms with Gasteiger partial charge in [0.15, 0.2) is 0 Å². The van der Waals surface area contributed by atoms with Crippen LogP contribution in [-0.2, 0) is 0 Å². The van der Waals surface area contributed by atoms with Crippen molar-refractivity contribution in [2.45, 2.75) is 9.79 Å². The van der Waals surface area contributed by atoms with Crippen molar-refractivity contribution in [3.05, 3.63) is 60.7 Å². The van der Waals surface area contributed by atoms with Crippen LogP contribution in [0.3, 0.4) is 0 Å². The lowest BCUT2D eigenvalue weighted by atomic mass is 10.1. The molecule has 0 aliphatic heterocycles. The quantitative estimate of drug-likeness (QED) is 0.561. The van der Waals surface area contributed by atoms with Crippen LogP contribution in [0.4, 0.5) is 0 Å². The normalized spacial score (nSPS) is 10.6. The summed E-state index contributed by atoms with van der Waals surface area (Å²) in [5, 5.41) is 0. The maximum absolute atomic E-state index is 4.52. The Morgan fingerprint density at radius 2 is 1.00 bits per heavy atom. The van der Waals surface area contributed by atoms with Gasteiger partial charge in [-0.05, 0) is 24.3 Å². The lowest BCUT2D eigenvalue weighted by Crippen LogP contribution is -1.74. The van der Waals surface area contributed by atoms with Gasteiger partial charge in [-0.3, -0.25) is 0 Å². The van der Waals surface area contributed by atoms with Crippen molar-refractivity contribution in [2.24, 2.45) is 0 Å². The maximum atomic E-state index is 4.52. The van der Waals surface area contributed by atoms with E-state index in [1.54, 1.807) is 11.3 Å². The Morgan fingerprint density at radius 3 is 1.42 bits per heavy atom. The number of benzene rings is 2.